The topological polar surface area (TPSA) is 72.7 Å². The van der Waals surface area contributed by atoms with Crippen LogP contribution < -0.4 is 4.74 Å². The Morgan fingerprint density at radius 3 is 2.64 bits per heavy atom. The van der Waals surface area contributed by atoms with Gasteiger partial charge in [-0.05, 0) is 36.2 Å². The van der Waals surface area contributed by atoms with Gasteiger partial charge in [0.2, 0.25) is 0 Å². The van der Waals surface area contributed by atoms with Gasteiger partial charge in [-0.1, -0.05) is 12.1 Å². The first kappa shape index (κ1) is 16.9. The molecule has 1 atom stereocenters. The van der Waals surface area contributed by atoms with E-state index in [-0.39, 0.29) is 11.5 Å². The molecule has 0 radical (unpaired) electrons. The van der Waals surface area contributed by atoms with Crippen molar-refractivity contribution in [1.82, 2.24) is 4.90 Å². The second-order valence-electron chi connectivity index (χ2n) is 5.93. The molecule has 130 valence electrons. The highest BCUT2D eigenvalue weighted by Crippen LogP contribution is 2.31. The lowest BCUT2D eigenvalue weighted by molar-refractivity contribution is -0.385. The Hall–Kier alpha value is -2.96. The molecule has 3 rings (SSSR count). The minimum absolute atomic E-state index is 0.0817. The maximum absolute atomic E-state index is 13.3. The lowest BCUT2D eigenvalue weighted by Crippen LogP contribution is -2.29. The summed E-state index contributed by atoms with van der Waals surface area (Å²) in [5.74, 6) is -0.255. The third-order valence-electron chi connectivity index (χ3n) is 4.45. The van der Waals surface area contributed by atoms with Crippen LogP contribution in [0.3, 0.4) is 0 Å². The van der Waals surface area contributed by atoms with Gasteiger partial charge < -0.3 is 9.64 Å². The molecule has 1 amide bonds. The van der Waals surface area contributed by atoms with Crippen molar-refractivity contribution in [3.05, 3.63) is 69.5 Å². The summed E-state index contributed by atoms with van der Waals surface area (Å²) in [4.78, 5) is 24.6. The molecule has 1 saturated heterocycles. The maximum atomic E-state index is 13.3. The largest absolute Gasteiger partial charge is 0.497 e. The first-order valence-electron chi connectivity index (χ1n) is 7.86. The van der Waals surface area contributed by atoms with E-state index in [4.69, 9.17) is 4.74 Å². The van der Waals surface area contributed by atoms with Crippen molar-refractivity contribution < 1.29 is 18.8 Å². The minimum atomic E-state index is -0.735. The molecule has 0 N–H and O–H groups in total. The van der Waals surface area contributed by atoms with E-state index in [9.17, 15) is 19.3 Å². The van der Waals surface area contributed by atoms with Crippen molar-refractivity contribution >= 4 is 11.6 Å². The molecular weight excluding hydrogens is 327 g/mol. The standard InChI is InChI=1S/C18H17FN2O4/c1-25-15-5-2-12(3-6-15)13-8-9-20(11-13)18(22)16-7-4-14(19)10-17(16)21(23)24/h2-7,10,13H,8-9,11H2,1H3/t13-/m0/s1. The summed E-state index contributed by atoms with van der Waals surface area (Å²) in [5, 5.41) is 11.1. The van der Waals surface area contributed by atoms with Crippen LogP contribution >= 0.6 is 0 Å². The number of halogens is 1. The SMILES string of the molecule is COc1ccc([C@H]2CCN(C(=O)c3ccc(F)cc3[N+](=O)[O-])C2)cc1. The number of nitro benzene ring substituents is 1. The van der Waals surface area contributed by atoms with E-state index in [2.05, 4.69) is 0 Å². The number of hydrogen-bond acceptors (Lipinski definition) is 4. The Morgan fingerprint density at radius 2 is 2.00 bits per heavy atom. The third-order valence-corrected chi connectivity index (χ3v) is 4.45. The van der Waals surface area contributed by atoms with Crippen molar-refractivity contribution in [2.45, 2.75) is 12.3 Å². The summed E-state index contributed by atoms with van der Waals surface area (Å²) in [6.45, 7) is 0.976. The third kappa shape index (κ3) is 3.45. The lowest BCUT2D eigenvalue weighted by atomic mass is 9.98. The van der Waals surface area contributed by atoms with Gasteiger partial charge in [0.25, 0.3) is 11.6 Å². The van der Waals surface area contributed by atoms with Crippen LogP contribution in [0.5, 0.6) is 5.75 Å². The van der Waals surface area contributed by atoms with Gasteiger partial charge in [0.05, 0.1) is 18.1 Å². The van der Waals surface area contributed by atoms with Gasteiger partial charge in [-0.3, -0.25) is 14.9 Å². The molecule has 2 aromatic carbocycles. The Balaban J connectivity index is 1.77. The van der Waals surface area contributed by atoms with Crippen LogP contribution in [0.2, 0.25) is 0 Å². The quantitative estimate of drug-likeness (QED) is 0.630. The molecule has 1 aliphatic heterocycles. The number of rotatable bonds is 4. The van der Waals surface area contributed by atoms with E-state index >= 15 is 0 Å². The molecular formula is C18H17FN2O4. The van der Waals surface area contributed by atoms with E-state index in [1.165, 1.54) is 6.07 Å². The van der Waals surface area contributed by atoms with Crippen molar-refractivity contribution in [1.29, 1.82) is 0 Å². The molecule has 0 aliphatic carbocycles. The highest BCUT2D eigenvalue weighted by molar-refractivity contribution is 5.98. The van der Waals surface area contributed by atoms with E-state index in [0.717, 1.165) is 29.9 Å². The van der Waals surface area contributed by atoms with Crippen LogP contribution in [0.25, 0.3) is 0 Å². The molecule has 6 nitrogen and oxygen atoms in total. The molecule has 7 heteroatoms. The smallest absolute Gasteiger partial charge is 0.285 e. The number of carbonyl (C=O) groups excluding carboxylic acids is 1. The zero-order valence-corrected chi connectivity index (χ0v) is 13.6. The molecule has 2 aromatic rings. The fraction of sp³-hybridized carbons (Fsp3) is 0.278. The molecule has 1 aliphatic rings. The summed E-state index contributed by atoms with van der Waals surface area (Å²) in [5.41, 5.74) is 0.504. The molecule has 0 aromatic heterocycles. The Bertz CT molecular complexity index is 807. The average Bonchev–Trinajstić information content (AvgIpc) is 3.11. The van der Waals surface area contributed by atoms with Crippen LogP contribution in [-0.4, -0.2) is 35.9 Å². The minimum Gasteiger partial charge on any atom is -0.497 e. The second-order valence-corrected chi connectivity index (χ2v) is 5.93. The first-order valence-corrected chi connectivity index (χ1v) is 7.86. The number of methoxy groups -OCH3 is 1. The van der Waals surface area contributed by atoms with Crippen LogP contribution in [0.15, 0.2) is 42.5 Å². The summed E-state index contributed by atoms with van der Waals surface area (Å²) >= 11 is 0. The van der Waals surface area contributed by atoms with E-state index in [1.807, 2.05) is 24.3 Å². The number of likely N-dealkylation sites (tertiary alicyclic amines) is 1. The fourth-order valence-electron chi connectivity index (χ4n) is 3.10. The number of hydrogen-bond donors (Lipinski definition) is 0. The summed E-state index contributed by atoms with van der Waals surface area (Å²) in [6.07, 6.45) is 0.771. The Kier molecular flexibility index (Phi) is 4.65. The summed E-state index contributed by atoms with van der Waals surface area (Å²) in [7, 11) is 1.60. The van der Waals surface area contributed by atoms with E-state index < -0.39 is 22.3 Å². The van der Waals surface area contributed by atoms with Crippen LogP contribution in [0.4, 0.5) is 10.1 Å². The number of benzene rings is 2. The second kappa shape index (κ2) is 6.88. The van der Waals surface area contributed by atoms with E-state index in [0.29, 0.717) is 13.1 Å². The molecule has 0 saturated carbocycles. The van der Waals surface area contributed by atoms with Crippen LogP contribution in [0.1, 0.15) is 28.3 Å². The van der Waals surface area contributed by atoms with Crippen molar-refractivity contribution in [2.75, 3.05) is 20.2 Å². The number of amides is 1. The normalized spacial score (nSPS) is 16.7. The van der Waals surface area contributed by atoms with Gasteiger partial charge in [-0.15, -0.1) is 0 Å². The zero-order valence-electron chi connectivity index (χ0n) is 13.6. The van der Waals surface area contributed by atoms with Crippen molar-refractivity contribution in [2.24, 2.45) is 0 Å². The van der Waals surface area contributed by atoms with Gasteiger partial charge in [-0.25, -0.2) is 4.39 Å². The van der Waals surface area contributed by atoms with Crippen molar-refractivity contribution in [3.8, 4) is 5.75 Å². The Morgan fingerprint density at radius 1 is 1.28 bits per heavy atom. The Labute approximate surface area is 144 Å². The van der Waals surface area contributed by atoms with Gasteiger partial charge in [0, 0.05) is 19.0 Å². The van der Waals surface area contributed by atoms with Gasteiger partial charge >= 0.3 is 0 Å². The zero-order chi connectivity index (χ0) is 18.0. The average molecular weight is 344 g/mol. The van der Waals surface area contributed by atoms with E-state index in [1.54, 1.807) is 12.0 Å². The monoisotopic (exact) mass is 344 g/mol. The number of nitrogens with zero attached hydrogens (tertiary/aromatic N) is 2. The van der Waals surface area contributed by atoms with Gasteiger partial charge in [-0.2, -0.15) is 0 Å². The molecule has 25 heavy (non-hydrogen) atoms. The van der Waals surface area contributed by atoms with Gasteiger partial charge in [0.1, 0.15) is 17.1 Å². The van der Waals surface area contributed by atoms with Crippen molar-refractivity contribution in [3.63, 3.8) is 0 Å². The summed E-state index contributed by atoms with van der Waals surface area (Å²) in [6, 6.07) is 10.7. The molecule has 1 heterocycles. The summed E-state index contributed by atoms with van der Waals surface area (Å²) < 4.78 is 18.4. The van der Waals surface area contributed by atoms with Gasteiger partial charge in [0.15, 0.2) is 0 Å². The molecule has 0 bridgehead atoms. The predicted molar refractivity (Wildman–Crippen MR) is 89.3 cm³/mol. The number of nitro groups is 1. The number of carbonyl (C=O) groups is 1. The maximum Gasteiger partial charge on any atom is 0.285 e. The lowest BCUT2D eigenvalue weighted by Gasteiger charge is -2.17. The highest BCUT2D eigenvalue weighted by Gasteiger charge is 2.31. The fourth-order valence-corrected chi connectivity index (χ4v) is 3.10. The number of ether oxygens (including phenoxy) is 1. The predicted octanol–water partition coefficient (Wildman–Crippen LogP) is 3.37. The molecule has 0 unspecified atom stereocenters. The highest BCUT2D eigenvalue weighted by atomic mass is 19.1. The molecule has 1 fully saturated rings. The first-order chi connectivity index (χ1) is 12.0. The van der Waals surface area contributed by atoms with Crippen LogP contribution in [0, 0.1) is 15.9 Å². The molecule has 0 spiro atoms. The van der Waals surface area contributed by atoms with Crippen LogP contribution in [-0.2, 0) is 0 Å².